The van der Waals surface area contributed by atoms with Crippen molar-refractivity contribution in [3.05, 3.63) is 50.7 Å². The molecule has 1 aromatic heterocycles. The highest BCUT2D eigenvalue weighted by Gasteiger charge is 2.20. The van der Waals surface area contributed by atoms with Gasteiger partial charge in [-0.1, -0.05) is 29.8 Å². The molecule has 0 aliphatic carbocycles. The molecular weight excluding hydrogens is 376 g/mol. The summed E-state index contributed by atoms with van der Waals surface area (Å²) in [6.45, 7) is 4.99. The zero-order chi connectivity index (χ0) is 19.3. The molecule has 0 aliphatic heterocycles. The van der Waals surface area contributed by atoms with Crippen LogP contribution in [0.3, 0.4) is 0 Å². The Morgan fingerprint density at radius 1 is 1.15 bits per heavy atom. The predicted octanol–water partition coefficient (Wildman–Crippen LogP) is 3.32. The zero-order valence-corrected chi connectivity index (χ0v) is 16.2. The summed E-state index contributed by atoms with van der Waals surface area (Å²) in [5.41, 5.74) is 2.59. The summed E-state index contributed by atoms with van der Waals surface area (Å²) in [6.07, 6.45) is -1.03. The highest BCUT2D eigenvalue weighted by molar-refractivity contribution is 7.17. The van der Waals surface area contributed by atoms with Crippen LogP contribution >= 0.6 is 22.9 Å². The van der Waals surface area contributed by atoms with Gasteiger partial charge in [0.2, 0.25) is 5.91 Å². The smallest absolute Gasteiger partial charge is 0.349 e. The first kappa shape index (κ1) is 19.9. The number of nitrogens with one attached hydrogen (secondary N) is 2. The van der Waals surface area contributed by atoms with Gasteiger partial charge in [0.05, 0.1) is 10.9 Å². The highest BCUT2D eigenvalue weighted by atomic mass is 35.5. The van der Waals surface area contributed by atoms with Crippen LogP contribution in [0.2, 0.25) is 4.34 Å². The van der Waals surface area contributed by atoms with Crippen LogP contribution in [0, 0.1) is 13.8 Å². The molecule has 1 aromatic carbocycles. The van der Waals surface area contributed by atoms with E-state index in [1.165, 1.54) is 13.0 Å². The van der Waals surface area contributed by atoms with Gasteiger partial charge in [-0.3, -0.25) is 9.59 Å². The Labute approximate surface area is 160 Å². The van der Waals surface area contributed by atoms with E-state index in [1.807, 2.05) is 32.0 Å². The molecule has 6 nitrogen and oxygen atoms in total. The lowest BCUT2D eigenvalue weighted by atomic mass is 10.1. The number of hydrogen-bond acceptors (Lipinski definition) is 5. The van der Waals surface area contributed by atoms with Gasteiger partial charge in [-0.2, -0.15) is 0 Å². The molecule has 0 bridgehead atoms. The Balaban J connectivity index is 1.83. The average molecular weight is 395 g/mol. The molecule has 2 aromatic rings. The van der Waals surface area contributed by atoms with Crippen molar-refractivity contribution in [3.63, 3.8) is 0 Å². The van der Waals surface area contributed by atoms with Gasteiger partial charge >= 0.3 is 5.97 Å². The molecule has 2 amide bonds. The lowest BCUT2D eigenvalue weighted by molar-refractivity contribution is -0.130. The SMILES string of the molecule is Cc1cccc(C)c1NC(=O)CNC(=O)C(C)OC(=O)c1ccc(Cl)s1. The first-order chi connectivity index (χ1) is 12.3. The fraction of sp³-hybridized carbons (Fsp3) is 0.278. The fourth-order valence-corrected chi connectivity index (χ4v) is 3.13. The Bertz CT molecular complexity index is 814. The summed E-state index contributed by atoms with van der Waals surface area (Å²) in [5.74, 6) is -1.55. The minimum Gasteiger partial charge on any atom is -0.448 e. The van der Waals surface area contributed by atoms with E-state index in [1.54, 1.807) is 6.07 Å². The topological polar surface area (TPSA) is 84.5 Å². The molecule has 26 heavy (non-hydrogen) atoms. The van der Waals surface area contributed by atoms with Gasteiger partial charge in [-0.15, -0.1) is 11.3 Å². The number of anilines is 1. The van der Waals surface area contributed by atoms with Crippen molar-refractivity contribution < 1.29 is 19.1 Å². The molecule has 8 heteroatoms. The highest BCUT2D eigenvalue weighted by Crippen LogP contribution is 2.22. The van der Waals surface area contributed by atoms with Crippen molar-refractivity contribution in [1.29, 1.82) is 0 Å². The van der Waals surface area contributed by atoms with Crippen LogP contribution < -0.4 is 10.6 Å². The second kappa shape index (κ2) is 8.82. The van der Waals surface area contributed by atoms with Crippen LogP contribution in [0.1, 0.15) is 27.7 Å². The van der Waals surface area contributed by atoms with Crippen molar-refractivity contribution in [1.82, 2.24) is 5.32 Å². The van der Waals surface area contributed by atoms with Crippen molar-refractivity contribution >= 4 is 46.4 Å². The molecule has 0 fully saturated rings. The van der Waals surface area contributed by atoms with Gasteiger partial charge in [0.1, 0.15) is 4.88 Å². The van der Waals surface area contributed by atoms with Gasteiger partial charge in [-0.05, 0) is 44.0 Å². The first-order valence-electron chi connectivity index (χ1n) is 7.88. The molecule has 0 radical (unpaired) electrons. The minimum absolute atomic E-state index is 0.223. The zero-order valence-electron chi connectivity index (χ0n) is 14.6. The number of halogens is 1. The van der Waals surface area contributed by atoms with Crippen molar-refractivity contribution in [3.8, 4) is 0 Å². The minimum atomic E-state index is -1.03. The van der Waals surface area contributed by atoms with Gasteiger partial charge in [0.25, 0.3) is 5.91 Å². The van der Waals surface area contributed by atoms with E-state index < -0.39 is 18.0 Å². The number of rotatable bonds is 6. The number of thiophene rings is 1. The van der Waals surface area contributed by atoms with Crippen LogP contribution in [0.4, 0.5) is 5.69 Å². The summed E-state index contributed by atoms with van der Waals surface area (Å²) in [4.78, 5) is 36.3. The second-order valence-electron chi connectivity index (χ2n) is 5.68. The molecule has 0 saturated carbocycles. The normalized spacial score (nSPS) is 11.5. The molecule has 138 valence electrons. The van der Waals surface area contributed by atoms with Crippen LogP contribution in [-0.4, -0.2) is 30.4 Å². The molecule has 1 unspecified atom stereocenters. The molecule has 2 rings (SSSR count). The third-order valence-corrected chi connectivity index (χ3v) is 4.81. The summed E-state index contributed by atoms with van der Waals surface area (Å²) in [6, 6.07) is 8.78. The summed E-state index contributed by atoms with van der Waals surface area (Å²) in [7, 11) is 0. The Kier molecular flexibility index (Phi) is 6.76. The first-order valence-corrected chi connectivity index (χ1v) is 9.07. The number of hydrogen-bond donors (Lipinski definition) is 2. The van der Waals surface area contributed by atoms with Crippen LogP contribution in [0.15, 0.2) is 30.3 Å². The monoisotopic (exact) mass is 394 g/mol. The van der Waals surface area contributed by atoms with Gasteiger partial charge < -0.3 is 15.4 Å². The van der Waals surface area contributed by atoms with Crippen molar-refractivity contribution in [2.75, 3.05) is 11.9 Å². The van der Waals surface area contributed by atoms with E-state index >= 15 is 0 Å². The number of aryl methyl sites for hydroxylation is 2. The van der Waals surface area contributed by atoms with E-state index in [2.05, 4.69) is 10.6 Å². The van der Waals surface area contributed by atoms with Crippen LogP contribution in [-0.2, 0) is 14.3 Å². The molecule has 2 N–H and O–H groups in total. The number of benzene rings is 1. The maximum absolute atomic E-state index is 12.0. The number of carbonyl (C=O) groups excluding carboxylic acids is 3. The largest absolute Gasteiger partial charge is 0.448 e. The van der Waals surface area contributed by atoms with E-state index in [-0.39, 0.29) is 12.5 Å². The molecule has 0 aliphatic rings. The lowest BCUT2D eigenvalue weighted by Gasteiger charge is -2.14. The summed E-state index contributed by atoms with van der Waals surface area (Å²) in [5, 5.41) is 5.22. The summed E-state index contributed by atoms with van der Waals surface area (Å²) >= 11 is 6.83. The quantitative estimate of drug-likeness (QED) is 0.736. The fourth-order valence-electron chi connectivity index (χ4n) is 2.20. The van der Waals surface area contributed by atoms with Crippen LogP contribution in [0.5, 0.6) is 0 Å². The maximum atomic E-state index is 12.0. The molecular formula is C18H19ClN2O4S. The third-order valence-electron chi connectivity index (χ3n) is 3.60. The number of para-hydroxylation sites is 1. The summed E-state index contributed by atoms with van der Waals surface area (Å²) < 4.78 is 5.53. The number of carbonyl (C=O) groups is 3. The van der Waals surface area contributed by atoms with E-state index in [4.69, 9.17) is 16.3 Å². The van der Waals surface area contributed by atoms with E-state index in [9.17, 15) is 14.4 Å². The van der Waals surface area contributed by atoms with E-state index in [0.717, 1.165) is 28.2 Å². The standard InChI is InChI=1S/C18H19ClN2O4S/c1-10-5-4-6-11(2)16(10)21-15(22)9-20-17(23)12(3)25-18(24)13-7-8-14(19)26-13/h4-8,12H,9H2,1-3H3,(H,20,23)(H,21,22). The number of ether oxygens (including phenoxy) is 1. The van der Waals surface area contributed by atoms with Gasteiger partial charge in [0, 0.05) is 5.69 Å². The number of esters is 1. The van der Waals surface area contributed by atoms with Crippen molar-refractivity contribution in [2.24, 2.45) is 0 Å². The molecule has 0 spiro atoms. The maximum Gasteiger partial charge on any atom is 0.349 e. The second-order valence-corrected chi connectivity index (χ2v) is 7.40. The van der Waals surface area contributed by atoms with Crippen LogP contribution in [0.25, 0.3) is 0 Å². The third kappa shape index (κ3) is 5.31. The molecule has 1 heterocycles. The molecule has 0 saturated heterocycles. The predicted molar refractivity (Wildman–Crippen MR) is 102 cm³/mol. The Morgan fingerprint density at radius 3 is 2.38 bits per heavy atom. The lowest BCUT2D eigenvalue weighted by Crippen LogP contribution is -2.40. The average Bonchev–Trinajstić information content (AvgIpc) is 3.02. The van der Waals surface area contributed by atoms with Crippen molar-refractivity contribution in [2.45, 2.75) is 26.9 Å². The van der Waals surface area contributed by atoms with E-state index in [0.29, 0.717) is 9.21 Å². The Morgan fingerprint density at radius 2 is 1.81 bits per heavy atom. The van der Waals surface area contributed by atoms with Gasteiger partial charge in [0.15, 0.2) is 6.10 Å². The molecule has 1 atom stereocenters. The number of amides is 2. The Hall–Kier alpha value is -2.38. The van der Waals surface area contributed by atoms with Gasteiger partial charge in [-0.25, -0.2) is 4.79 Å².